The molecule has 1 aromatic carbocycles. The molecule has 0 atom stereocenters. The van der Waals surface area contributed by atoms with Crippen LogP contribution in [0.5, 0.6) is 0 Å². The summed E-state index contributed by atoms with van der Waals surface area (Å²) in [4.78, 5) is 8.65. The van der Waals surface area contributed by atoms with Gasteiger partial charge in [-0.25, -0.2) is 0 Å². The number of hydrogen-bond acceptors (Lipinski definition) is 2. The topological polar surface area (TPSA) is 25.8 Å². The van der Waals surface area contributed by atoms with Crippen LogP contribution >= 0.6 is 31.9 Å². The van der Waals surface area contributed by atoms with Gasteiger partial charge in [0.25, 0.3) is 0 Å². The fourth-order valence-electron chi connectivity index (χ4n) is 1.24. The number of nitrogens with zero attached hydrogens (tertiary/aromatic N) is 2. The van der Waals surface area contributed by atoms with E-state index in [1.165, 1.54) is 0 Å². The third-order valence-corrected chi connectivity index (χ3v) is 3.51. The standard InChI is InChI=1S/C9H5Br2N2Se.Na/c1-4-12-8-6(9(14)13-4)2-5(10)3-7(8)11;/h2-3H,1H3;. The minimum absolute atomic E-state index is 0. The number of fused-ring (bicyclic) bond motifs is 1. The fraction of sp³-hybridized carbons (Fsp3) is 0.111. The van der Waals surface area contributed by atoms with Crippen molar-refractivity contribution >= 4 is 92.9 Å². The van der Waals surface area contributed by atoms with Crippen molar-refractivity contribution in [1.29, 1.82) is 0 Å². The summed E-state index contributed by atoms with van der Waals surface area (Å²) in [5.41, 5.74) is 0.939. The smallest absolute Gasteiger partial charge is 0 e. The molecule has 15 heavy (non-hydrogen) atoms. The summed E-state index contributed by atoms with van der Waals surface area (Å²) in [7, 11) is 0. The Morgan fingerprint density at radius 1 is 1.20 bits per heavy atom. The number of halogens is 2. The zero-order chi connectivity index (χ0) is 10.3. The predicted molar refractivity (Wildman–Crippen MR) is 70.8 cm³/mol. The summed E-state index contributed by atoms with van der Waals surface area (Å²) in [6.45, 7) is 1.88. The molecule has 0 spiro atoms. The maximum absolute atomic E-state index is 4.38. The molecule has 0 saturated carbocycles. The van der Waals surface area contributed by atoms with Gasteiger partial charge in [-0.05, 0) is 0 Å². The molecular formula is C9H5Br2N2NaSe. The second kappa shape index (κ2) is 5.58. The fourth-order valence-corrected chi connectivity index (χ4v) is 3.15. The van der Waals surface area contributed by atoms with Crippen molar-refractivity contribution in [2.45, 2.75) is 6.92 Å². The van der Waals surface area contributed by atoms with Crippen LogP contribution in [-0.2, 0) is 0 Å². The molecule has 2 radical (unpaired) electrons. The molecule has 2 nitrogen and oxygen atoms in total. The van der Waals surface area contributed by atoms with Gasteiger partial charge in [-0.15, -0.1) is 0 Å². The van der Waals surface area contributed by atoms with Crippen molar-refractivity contribution in [3.63, 3.8) is 0 Å². The van der Waals surface area contributed by atoms with Gasteiger partial charge < -0.3 is 0 Å². The van der Waals surface area contributed by atoms with Crippen LogP contribution < -0.4 is 4.59 Å². The van der Waals surface area contributed by atoms with Crippen LogP contribution in [-0.4, -0.2) is 55.5 Å². The second-order valence-electron chi connectivity index (χ2n) is 2.86. The van der Waals surface area contributed by atoms with E-state index in [4.69, 9.17) is 0 Å². The van der Waals surface area contributed by atoms with Crippen LogP contribution in [0, 0.1) is 6.92 Å². The van der Waals surface area contributed by atoms with Crippen molar-refractivity contribution in [2.24, 2.45) is 0 Å². The second-order valence-corrected chi connectivity index (χ2v) is 5.44. The number of rotatable bonds is 0. The molecule has 0 N–H and O–H groups in total. The first kappa shape index (κ1) is 14.1. The molecule has 6 heteroatoms. The SMILES string of the molecule is Cc1nc([Se])c2cc(Br)cc(Br)c2n1.[Na]. The van der Waals surface area contributed by atoms with Gasteiger partial charge in [0, 0.05) is 29.6 Å². The summed E-state index contributed by atoms with van der Waals surface area (Å²) in [5.74, 6) is 0.772. The summed E-state index contributed by atoms with van der Waals surface area (Å²) in [6.07, 6.45) is 0. The number of aryl methyl sites for hydroxylation is 1. The zero-order valence-electron chi connectivity index (χ0n) is 8.21. The van der Waals surface area contributed by atoms with Crippen molar-refractivity contribution in [2.75, 3.05) is 0 Å². The maximum Gasteiger partial charge on any atom is 0 e. The molecule has 0 fully saturated rings. The molecule has 0 aliphatic carbocycles. The van der Waals surface area contributed by atoms with E-state index < -0.39 is 0 Å². The average molecular weight is 403 g/mol. The van der Waals surface area contributed by atoms with Crippen molar-refractivity contribution < 1.29 is 0 Å². The van der Waals surface area contributed by atoms with E-state index in [9.17, 15) is 0 Å². The normalized spacial score (nSPS) is 10.1. The van der Waals surface area contributed by atoms with Crippen LogP contribution in [0.4, 0.5) is 0 Å². The number of benzene rings is 1. The predicted octanol–water partition coefficient (Wildman–Crippen LogP) is 1.88. The third-order valence-electron chi connectivity index (χ3n) is 1.80. The Morgan fingerprint density at radius 2 is 1.87 bits per heavy atom. The maximum atomic E-state index is 4.38. The monoisotopic (exact) mass is 402 g/mol. The van der Waals surface area contributed by atoms with Crippen LogP contribution in [0.15, 0.2) is 21.1 Å². The van der Waals surface area contributed by atoms with Gasteiger partial charge in [-0.1, -0.05) is 0 Å². The Kier molecular flexibility index (Phi) is 5.25. The Balaban J connectivity index is 0.00000112. The van der Waals surface area contributed by atoms with E-state index >= 15 is 0 Å². The van der Waals surface area contributed by atoms with Crippen LogP contribution in [0.2, 0.25) is 0 Å². The Labute approximate surface area is 135 Å². The average Bonchev–Trinajstić information content (AvgIpc) is 2.07. The largest absolute Gasteiger partial charge is 0 e. The van der Waals surface area contributed by atoms with E-state index in [0.717, 1.165) is 30.3 Å². The minimum atomic E-state index is 0. The van der Waals surface area contributed by atoms with Crippen LogP contribution in [0.3, 0.4) is 0 Å². The minimum Gasteiger partial charge on any atom is 0 e. The molecular weight excluding hydrogens is 398 g/mol. The molecule has 0 amide bonds. The van der Waals surface area contributed by atoms with Crippen molar-refractivity contribution in [3.05, 3.63) is 26.9 Å². The van der Waals surface area contributed by atoms with Crippen LogP contribution in [0.25, 0.3) is 10.9 Å². The molecule has 2 rings (SSSR count). The quantitative estimate of drug-likeness (QED) is 0.629. The van der Waals surface area contributed by atoms with Crippen LogP contribution in [0.1, 0.15) is 5.82 Å². The van der Waals surface area contributed by atoms with Crippen molar-refractivity contribution in [3.8, 4) is 0 Å². The Hall–Kier alpha value is 1.04. The van der Waals surface area contributed by atoms with E-state index in [0.29, 0.717) is 0 Å². The van der Waals surface area contributed by atoms with Gasteiger partial charge in [-0.3, -0.25) is 0 Å². The van der Waals surface area contributed by atoms with Gasteiger partial charge >= 0.3 is 107 Å². The van der Waals surface area contributed by atoms with Crippen molar-refractivity contribution in [1.82, 2.24) is 9.97 Å². The number of hydrogen-bond donors (Lipinski definition) is 0. The van der Waals surface area contributed by atoms with Gasteiger partial charge in [0.05, 0.1) is 0 Å². The van der Waals surface area contributed by atoms with E-state index in [1.807, 2.05) is 19.1 Å². The van der Waals surface area contributed by atoms with Gasteiger partial charge in [-0.2, -0.15) is 0 Å². The molecule has 2 aromatic rings. The van der Waals surface area contributed by atoms with E-state index in [1.54, 1.807) is 0 Å². The number of aromatic nitrogens is 2. The first-order chi connectivity index (χ1) is 6.58. The molecule has 0 aliphatic rings. The molecule has 0 aliphatic heterocycles. The van der Waals surface area contributed by atoms with Gasteiger partial charge in [0.15, 0.2) is 0 Å². The summed E-state index contributed by atoms with van der Waals surface area (Å²) >= 11 is 9.87. The summed E-state index contributed by atoms with van der Waals surface area (Å²) in [6, 6.07) is 3.99. The Morgan fingerprint density at radius 3 is 2.53 bits per heavy atom. The summed E-state index contributed by atoms with van der Waals surface area (Å²) < 4.78 is 2.87. The summed E-state index contributed by atoms with van der Waals surface area (Å²) in [5, 5.41) is 1.02. The molecule has 1 heterocycles. The molecule has 72 valence electrons. The van der Waals surface area contributed by atoms with Gasteiger partial charge in [0.2, 0.25) is 0 Å². The third kappa shape index (κ3) is 3.03. The zero-order valence-corrected chi connectivity index (χ0v) is 15.1. The first-order valence-corrected chi connectivity index (χ1v) is 6.32. The Bertz CT molecular complexity index is 472. The first-order valence-electron chi connectivity index (χ1n) is 3.88. The molecule has 0 unspecified atom stereocenters. The van der Waals surface area contributed by atoms with E-state index in [-0.39, 0.29) is 29.6 Å². The molecule has 0 bridgehead atoms. The van der Waals surface area contributed by atoms with Gasteiger partial charge in [0.1, 0.15) is 0 Å². The molecule has 1 aromatic heterocycles. The van der Waals surface area contributed by atoms with E-state index in [2.05, 4.69) is 57.8 Å². The molecule has 0 saturated heterocycles.